The number of halogens is 1. The standard InChI is InChI=1S/C17H19FO/c1-2-17(13-19,15-9-4-3-5-10-15)12-14-8-6-7-11-16(14)18/h3-11,19H,2,12-13H2,1H3. The molecule has 19 heavy (non-hydrogen) atoms. The van der Waals surface area contributed by atoms with Gasteiger partial charge < -0.3 is 5.11 Å². The summed E-state index contributed by atoms with van der Waals surface area (Å²) in [4.78, 5) is 0. The third kappa shape index (κ3) is 2.85. The molecule has 1 nitrogen and oxygen atoms in total. The maximum absolute atomic E-state index is 13.8. The normalized spacial score (nSPS) is 14.1. The van der Waals surface area contributed by atoms with E-state index in [0.717, 1.165) is 12.0 Å². The quantitative estimate of drug-likeness (QED) is 0.866. The highest BCUT2D eigenvalue weighted by Crippen LogP contribution is 2.32. The number of rotatable bonds is 5. The van der Waals surface area contributed by atoms with Crippen LogP contribution in [-0.4, -0.2) is 11.7 Å². The minimum atomic E-state index is -0.413. The first-order valence-electron chi connectivity index (χ1n) is 6.61. The van der Waals surface area contributed by atoms with E-state index < -0.39 is 5.41 Å². The van der Waals surface area contributed by atoms with Gasteiger partial charge in [0, 0.05) is 5.41 Å². The van der Waals surface area contributed by atoms with Gasteiger partial charge in [-0.25, -0.2) is 4.39 Å². The van der Waals surface area contributed by atoms with Crippen LogP contribution in [0.2, 0.25) is 0 Å². The zero-order valence-corrected chi connectivity index (χ0v) is 11.1. The average Bonchev–Trinajstić information content (AvgIpc) is 2.48. The summed E-state index contributed by atoms with van der Waals surface area (Å²) in [5.41, 5.74) is 1.30. The van der Waals surface area contributed by atoms with Crippen molar-refractivity contribution in [1.29, 1.82) is 0 Å². The first-order chi connectivity index (χ1) is 9.22. The lowest BCUT2D eigenvalue weighted by atomic mass is 9.74. The number of benzene rings is 2. The fourth-order valence-corrected chi connectivity index (χ4v) is 2.49. The van der Waals surface area contributed by atoms with Gasteiger partial charge in [0.05, 0.1) is 6.61 Å². The summed E-state index contributed by atoms with van der Waals surface area (Å²) in [6, 6.07) is 16.6. The van der Waals surface area contributed by atoms with Crippen molar-refractivity contribution in [1.82, 2.24) is 0 Å². The van der Waals surface area contributed by atoms with E-state index in [0.29, 0.717) is 12.0 Å². The Labute approximate surface area is 113 Å². The van der Waals surface area contributed by atoms with E-state index in [1.807, 2.05) is 43.3 Å². The molecule has 2 heteroatoms. The summed E-state index contributed by atoms with van der Waals surface area (Å²) in [7, 11) is 0. The molecule has 1 unspecified atom stereocenters. The second-order valence-corrected chi connectivity index (χ2v) is 4.93. The van der Waals surface area contributed by atoms with Crippen LogP contribution in [-0.2, 0) is 11.8 Å². The molecule has 100 valence electrons. The minimum Gasteiger partial charge on any atom is -0.395 e. The molecule has 0 aliphatic heterocycles. The number of aliphatic hydroxyl groups excluding tert-OH is 1. The molecular formula is C17H19FO. The van der Waals surface area contributed by atoms with Crippen molar-refractivity contribution in [3.8, 4) is 0 Å². The molecule has 2 aromatic carbocycles. The second kappa shape index (κ2) is 5.98. The molecule has 0 aliphatic rings. The van der Waals surface area contributed by atoms with E-state index in [-0.39, 0.29) is 12.4 Å². The topological polar surface area (TPSA) is 20.2 Å². The smallest absolute Gasteiger partial charge is 0.126 e. The van der Waals surface area contributed by atoms with E-state index in [4.69, 9.17) is 0 Å². The van der Waals surface area contributed by atoms with Gasteiger partial charge in [0.2, 0.25) is 0 Å². The van der Waals surface area contributed by atoms with Gasteiger partial charge in [-0.2, -0.15) is 0 Å². The maximum Gasteiger partial charge on any atom is 0.126 e. The molecule has 0 amide bonds. The van der Waals surface area contributed by atoms with Crippen LogP contribution in [0, 0.1) is 5.82 Å². The molecule has 2 aromatic rings. The Balaban J connectivity index is 2.38. The van der Waals surface area contributed by atoms with Gasteiger partial charge in [0.25, 0.3) is 0 Å². The van der Waals surface area contributed by atoms with E-state index >= 15 is 0 Å². The van der Waals surface area contributed by atoms with Gasteiger partial charge >= 0.3 is 0 Å². The lowest BCUT2D eigenvalue weighted by Crippen LogP contribution is -2.32. The molecule has 0 saturated carbocycles. The average molecular weight is 258 g/mol. The van der Waals surface area contributed by atoms with Crippen LogP contribution in [0.5, 0.6) is 0 Å². The van der Waals surface area contributed by atoms with Crippen molar-refractivity contribution in [2.24, 2.45) is 0 Å². The predicted octanol–water partition coefficient (Wildman–Crippen LogP) is 3.71. The van der Waals surface area contributed by atoms with Gasteiger partial charge in [0.15, 0.2) is 0 Å². The minimum absolute atomic E-state index is 0.0157. The summed E-state index contributed by atoms with van der Waals surface area (Å²) < 4.78 is 13.8. The Hall–Kier alpha value is -1.67. The van der Waals surface area contributed by atoms with Crippen LogP contribution in [0.3, 0.4) is 0 Å². The van der Waals surface area contributed by atoms with Crippen LogP contribution in [0.25, 0.3) is 0 Å². The Morgan fingerprint density at radius 3 is 2.21 bits per heavy atom. The first kappa shape index (κ1) is 13.8. The Bertz CT molecular complexity index is 518. The highest BCUT2D eigenvalue weighted by Gasteiger charge is 2.30. The van der Waals surface area contributed by atoms with Gasteiger partial charge in [-0.05, 0) is 30.0 Å². The monoisotopic (exact) mass is 258 g/mol. The van der Waals surface area contributed by atoms with E-state index in [2.05, 4.69) is 0 Å². The molecule has 0 radical (unpaired) electrons. The maximum atomic E-state index is 13.8. The molecule has 0 spiro atoms. The van der Waals surface area contributed by atoms with Crippen LogP contribution < -0.4 is 0 Å². The number of aliphatic hydroxyl groups is 1. The third-order valence-electron chi connectivity index (χ3n) is 3.85. The van der Waals surface area contributed by atoms with E-state index in [1.54, 1.807) is 12.1 Å². The summed E-state index contributed by atoms with van der Waals surface area (Å²) in [6.07, 6.45) is 1.28. The first-order valence-corrected chi connectivity index (χ1v) is 6.61. The molecule has 1 N–H and O–H groups in total. The SMILES string of the molecule is CCC(CO)(Cc1ccccc1F)c1ccccc1. The molecule has 1 atom stereocenters. The summed E-state index contributed by atoms with van der Waals surface area (Å²) in [5, 5.41) is 9.86. The largest absolute Gasteiger partial charge is 0.395 e. The van der Waals surface area contributed by atoms with Crippen LogP contribution in [0.1, 0.15) is 24.5 Å². The van der Waals surface area contributed by atoms with Gasteiger partial charge in [-0.1, -0.05) is 55.5 Å². The molecule has 0 aliphatic carbocycles. The Kier molecular flexibility index (Phi) is 4.33. The third-order valence-corrected chi connectivity index (χ3v) is 3.85. The molecule has 0 saturated heterocycles. The highest BCUT2D eigenvalue weighted by atomic mass is 19.1. The molecule has 0 heterocycles. The molecule has 0 fully saturated rings. The number of hydrogen-bond acceptors (Lipinski definition) is 1. The summed E-state index contributed by atoms with van der Waals surface area (Å²) >= 11 is 0. The molecule has 0 bridgehead atoms. The van der Waals surface area contributed by atoms with E-state index in [9.17, 15) is 9.50 Å². The molecule has 2 rings (SSSR count). The van der Waals surface area contributed by atoms with Crippen molar-refractivity contribution in [3.63, 3.8) is 0 Å². The van der Waals surface area contributed by atoms with Crippen LogP contribution >= 0.6 is 0 Å². The molecule has 0 aromatic heterocycles. The van der Waals surface area contributed by atoms with Crippen LogP contribution in [0.15, 0.2) is 54.6 Å². The molecular weight excluding hydrogens is 239 g/mol. The Morgan fingerprint density at radius 1 is 1.00 bits per heavy atom. The summed E-state index contributed by atoms with van der Waals surface area (Å²) in [6.45, 7) is 2.05. The highest BCUT2D eigenvalue weighted by molar-refractivity contribution is 5.30. The fraction of sp³-hybridized carbons (Fsp3) is 0.294. The summed E-state index contributed by atoms with van der Waals surface area (Å²) in [5.74, 6) is -0.204. The van der Waals surface area contributed by atoms with Gasteiger partial charge in [-0.3, -0.25) is 0 Å². The van der Waals surface area contributed by atoms with Crippen molar-refractivity contribution in [2.45, 2.75) is 25.2 Å². The van der Waals surface area contributed by atoms with Crippen molar-refractivity contribution >= 4 is 0 Å². The lowest BCUT2D eigenvalue weighted by Gasteiger charge is -2.31. The van der Waals surface area contributed by atoms with Gasteiger partial charge in [0.1, 0.15) is 5.82 Å². The van der Waals surface area contributed by atoms with Crippen molar-refractivity contribution in [3.05, 3.63) is 71.5 Å². The fourth-order valence-electron chi connectivity index (χ4n) is 2.49. The Morgan fingerprint density at radius 2 is 1.63 bits per heavy atom. The second-order valence-electron chi connectivity index (χ2n) is 4.93. The van der Waals surface area contributed by atoms with Crippen LogP contribution in [0.4, 0.5) is 4.39 Å². The lowest BCUT2D eigenvalue weighted by molar-refractivity contribution is 0.185. The van der Waals surface area contributed by atoms with Crippen molar-refractivity contribution < 1.29 is 9.50 Å². The number of hydrogen-bond donors (Lipinski definition) is 1. The predicted molar refractivity (Wildman–Crippen MR) is 75.6 cm³/mol. The van der Waals surface area contributed by atoms with Crippen molar-refractivity contribution in [2.75, 3.05) is 6.61 Å². The van der Waals surface area contributed by atoms with Gasteiger partial charge in [-0.15, -0.1) is 0 Å². The van der Waals surface area contributed by atoms with E-state index in [1.165, 1.54) is 6.07 Å². The zero-order chi connectivity index (χ0) is 13.7. The zero-order valence-electron chi connectivity index (χ0n) is 11.1.